The topological polar surface area (TPSA) is 90.5 Å². The third-order valence-corrected chi connectivity index (χ3v) is 5.48. The van der Waals surface area contributed by atoms with Gasteiger partial charge in [0.05, 0.1) is 6.54 Å². The van der Waals surface area contributed by atoms with Crippen molar-refractivity contribution in [2.45, 2.75) is 32.0 Å². The van der Waals surface area contributed by atoms with Crippen molar-refractivity contribution in [2.75, 3.05) is 11.9 Å². The second-order valence-corrected chi connectivity index (χ2v) is 7.53. The molecule has 3 N–H and O–H groups in total. The number of rotatable bonds is 6. The van der Waals surface area contributed by atoms with Crippen molar-refractivity contribution in [2.24, 2.45) is 0 Å². The van der Waals surface area contributed by atoms with E-state index in [1.807, 2.05) is 53.4 Å². The number of benzene rings is 2. The highest BCUT2D eigenvalue weighted by atomic mass is 16.2. The predicted molar refractivity (Wildman–Crippen MR) is 114 cm³/mol. The van der Waals surface area contributed by atoms with Crippen LogP contribution in [0.3, 0.4) is 0 Å². The Kier molecular flexibility index (Phi) is 5.52. The lowest BCUT2D eigenvalue weighted by atomic mass is 10.0. The number of carbonyl (C=O) groups excluding carboxylic acids is 3. The van der Waals surface area contributed by atoms with E-state index in [4.69, 9.17) is 0 Å². The van der Waals surface area contributed by atoms with E-state index in [1.54, 1.807) is 0 Å². The van der Waals surface area contributed by atoms with E-state index in [-0.39, 0.29) is 30.3 Å². The average Bonchev–Trinajstić information content (AvgIpc) is 3.07. The first-order chi connectivity index (χ1) is 14.5. The minimum Gasteiger partial charge on any atom is -0.376 e. The number of imide groups is 1. The molecule has 2 heterocycles. The van der Waals surface area contributed by atoms with Crippen molar-refractivity contribution in [3.8, 4) is 0 Å². The fourth-order valence-corrected chi connectivity index (χ4v) is 3.85. The van der Waals surface area contributed by atoms with Crippen LogP contribution >= 0.6 is 0 Å². The van der Waals surface area contributed by atoms with E-state index in [0.29, 0.717) is 25.9 Å². The number of carbonyl (C=O) groups is 3. The standard InChI is InChI=1S/C23H24N4O3/c1-15-19-11-18(24-13-22(29)25-12-16-5-3-2-4-6-16)8-7-17(19)14-27(15)20-9-10-21(28)26-23(20)30/h2-8,11,20,24H,1,9-10,12-14H2,(H,25,29)(H,26,28,30). The van der Waals surface area contributed by atoms with Gasteiger partial charge in [-0.2, -0.15) is 0 Å². The van der Waals surface area contributed by atoms with Gasteiger partial charge in [-0.05, 0) is 29.7 Å². The Hall–Kier alpha value is -3.61. The maximum atomic E-state index is 12.2. The number of hydrogen-bond acceptors (Lipinski definition) is 5. The normalized spacial score (nSPS) is 18.1. The predicted octanol–water partition coefficient (Wildman–Crippen LogP) is 2.01. The van der Waals surface area contributed by atoms with Crippen molar-refractivity contribution < 1.29 is 14.4 Å². The summed E-state index contributed by atoms with van der Waals surface area (Å²) in [5, 5.41) is 8.44. The van der Waals surface area contributed by atoms with E-state index in [0.717, 1.165) is 28.1 Å². The van der Waals surface area contributed by atoms with Gasteiger partial charge in [-0.3, -0.25) is 19.7 Å². The molecule has 0 aliphatic carbocycles. The van der Waals surface area contributed by atoms with Crippen LogP contribution in [0.4, 0.5) is 5.69 Å². The Bertz CT molecular complexity index is 1000. The number of fused-ring (bicyclic) bond motifs is 1. The van der Waals surface area contributed by atoms with E-state index >= 15 is 0 Å². The van der Waals surface area contributed by atoms with Crippen LogP contribution in [0.1, 0.15) is 29.5 Å². The lowest BCUT2D eigenvalue weighted by molar-refractivity contribution is -0.136. The van der Waals surface area contributed by atoms with Gasteiger partial charge in [-0.1, -0.05) is 43.0 Å². The molecular formula is C23H24N4O3. The molecule has 2 aliphatic heterocycles. The molecule has 1 saturated heterocycles. The smallest absolute Gasteiger partial charge is 0.249 e. The number of nitrogens with zero attached hydrogens (tertiary/aromatic N) is 1. The molecule has 2 aromatic rings. The zero-order valence-electron chi connectivity index (χ0n) is 16.6. The highest BCUT2D eigenvalue weighted by Gasteiger charge is 2.36. The molecule has 154 valence electrons. The summed E-state index contributed by atoms with van der Waals surface area (Å²) in [6.45, 7) is 5.39. The fourth-order valence-electron chi connectivity index (χ4n) is 3.85. The van der Waals surface area contributed by atoms with Crippen LogP contribution in [-0.4, -0.2) is 35.2 Å². The van der Waals surface area contributed by atoms with E-state index in [2.05, 4.69) is 22.5 Å². The summed E-state index contributed by atoms with van der Waals surface area (Å²) in [6.07, 6.45) is 0.825. The van der Waals surface area contributed by atoms with Crippen LogP contribution in [-0.2, 0) is 27.5 Å². The van der Waals surface area contributed by atoms with Crippen LogP contribution in [0.2, 0.25) is 0 Å². The van der Waals surface area contributed by atoms with Crippen LogP contribution in [0.5, 0.6) is 0 Å². The number of amides is 3. The summed E-state index contributed by atoms with van der Waals surface area (Å²) >= 11 is 0. The Balaban J connectivity index is 1.34. The van der Waals surface area contributed by atoms with E-state index in [9.17, 15) is 14.4 Å². The first kappa shape index (κ1) is 19.7. The maximum absolute atomic E-state index is 12.2. The quantitative estimate of drug-likeness (QED) is 0.641. The molecule has 1 atom stereocenters. The molecule has 7 heteroatoms. The Morgan fingerprint density at radius 3 is 2.73 bits per heavy atom. The van der Waals surface area contributed by atoms with Gasteiger partial charge in [0.25, 0.3) is 0 Å². The van der Waals surface area contributed by atoms with Gasteiger partial charge in [-0.15, -0.1) is 0 Å². The van der Waals surface area contributed by atoms with Gasteiger partial charge in [0, 0.05) is 36.5 Å². The zero-order valence-corrected chi connectivity index (χ0v) is 16.6. The van der Waals surface area contributed by atoms with Gasteiger partial charge in [0.2, 0.25) is 17.7 Å². The number of piperidine rings is 1. The van der Waals surface area contributed by atoms with Crippen molar-refractivity contribution in [3.63, 3.8) is 0 Å². The van der Waals surface area contributed by atoms with Crippen LogP contribution in [0.15, 0.2) is 55.1 Å². The minimum absolute atomic E-state index is 0.0941. The number of hydrogen-bond donors (Lipinski definition) is 3. The Morgan fingerprint density at radius 2 is 1.97 bits per heavy atom. The summed E-state index contributed by atoms with van der Waals surface area (Å²) in [5.41, 5.74) is 4.65. The average molecular weight is 404 g/mol. The molecule has 30 heavy (non-hydrogen) atoms. The lowest BCUT2D eigenvalue weighted by Crippen LogP contribution is -2.50. The van der Waals surface area contributed by atoms with Crippen molar-refractivity contribution in [3.05, 3.63) is 71.8 Å². The van der Waals surface area contributed by atoms with Gasteiger partial charge in [-0.25, -0.2) is 0 Å². The van der Waals surface area contributed by atoms with Gasteiger partial charge in [0.1, 0.15) is 6.04 Å². The third-order valence-electron chi connectivity index (χ3n) is 5.48. The largest absolute Gasteiger partial charge is 0.376 e. The number of anilines is 1. The Morgan fingerprint density at radius 1 is 1.17 bits per heavy atom. The molecule has 2 aliphatic rings. The van der Waals surface area contributed by atoms with Gasteiger partial charge >= 0.3 is 0 Å². The second-order valence-electron chi connectivity index (χ2n) is 7.53. The van der Waals surface area contributed by atoms with E-state index < -0.39 is 0 Å². The van der Waals surface area contributed by atoms with Crippen LogP contribution in [0, 0.1) is 0 Å². The van der Waals surface area contributed by atoms with E-state index in [1.165, 1.54) is 0 Å². The molecule has 2 aromatic carbocycles. The van der Waals surface area contributed by atoms with Crippen molar-refractivity contribution in [1.82, 2.24) is 15.5 Å². The SMILES string of the molecule is C=C1c2cc(NCC(=O)NCc3ccccc3)ccc2CN1C1CCC(=O)NC1=O. The van der Waals surface area contributed by atoms with Gasteiger partial charge in [0.15, 0.2) is 0 Å². The van der Waals surface area contributed by atoms with Crippen molar-refractivity contribution >= 4 is 29.1 Å². The summed E-state index contributed by atoms with van der Waals surface area (Å²) in [7, 11) is 0. The highest BCUT2D eigenvalue weighted by Crippen LogP contribution is 2.36. The first-order valence-electron chi connectivity index (χ1n) is 9.98. The summed E-state index contributed by atoms with van der Waals surface area (Å²) in [5.74, 6) is -0.590. The highest BCUT2D eigenvalue weighted by molar-refractivity contribution is 6.01. The third kappa shape index (κ3) is 4.20. The number of nitrogens with one attached hydrogen (secondary N) is 3. The molecule has 0 bridgehead atoms. The molecule has 0 radical (unpaired) electrons. The Labute approximate surface area is 175 Å². The monoisotopic (exact) mass is 404 g/mol. The maximum Gasteiger partial charge on any atom is 0.249 e. The van der Waals surface area contributed by atoms with Gasteiger partial charge < -0.3 is 15.5 Å². The molecule has 1 fully saturated rings. The molecule has 0 spiro atoms. The molecule has 3 amide bonds. The van der Waals surface area contributed by atoms with Crippen molar-refractivity contribution in [1.29, 1.82) is 0 Å². The molecule has 0 saturated carbocycles. The van der Waals surface area contributed by atoms with Crippen LogP contribution in [0.25, 0.3) is 5.70 Å². The summed E-state index contributed by atoms with van der Waals surface area (Å²) < 4.78 is 0. The second kappa shape index (κ2) is 8.41. The molecule has 4 rings (SSSR count). The minimum atomic E-state index is -0.386. The summed E-state index contributed by atoms with van der Waals surface area (Å²) in [4.78, 5) is 37.7. The summed E-state index contributed by atoms with van der Waals surface area (Å²) in [6, 6.07) is 15.2. The molecule has 1 unspecified atom stereocenters. The van der Waals surface area contributed by atoms with Crippen LogP contribution < -0.4 is 16.0 Å². The molecule has 7 nitrogen and oxygen atoms in total. The lowest BCUT2D eigenvalue weighted by Gasteiger charge is -2.31. The molecule has 0 aromatic heterocycles. The first-order valence-corrected chi connectivity index (χ1v) is 9.98. The fraction of sp³-hybridized carbons (Fsp3) is 0.261. The molecular weight excluding hydrogens is 380 g/mol. The zero-order chi connectivity index (χ0) is 21.1.